The molecule has 0 fully saturated rings. The molecule has 0 bridgehead atoms. The van der Waals surface area contributed by atoms with E-state index in [1.165, 1.54) is 13.1 Å². The van der Waals surface area contributed by atoms with Gasteiger partial charge < -0.3 is 9.84 Å². The Morgan fingerprint density at radius 2 is 2.07 bits per heavy atom. The van der Waals surface area contributed by atoms with Crippen LogP contribution in [-0.2, 0) is 21.2 Å². The minimum Gasteiger partial charge on any atom is -0.355 e. The molecule has 0 saturated carbocycles. The molecule has 0 unspecified atom stereocenters. The number of likely N-dealkylation sites (N-methyl/N-ethyl adjacent to an activating group) is 1. The van der Waals surface area contributed by atoms with Crippen LogP contribution in [-0.4, -0.2) is 53.9 Å². The number of amides is 1. The van der Waals surface area contributed by atoms with E-state index < -0.39 is 15.9 Å². The minimum absolute atomic E-state index is 0.202. The predicted molar refractivity (Wildman–Crippen MR) is 98.4 cm³/mol. The summed E-state index contributed by atoms with van der Waals surface area (Å²) in [5.74, 6) is 0.414. The molecule has 0 spiro atoms. The minimum atomic E-state index is -3.65. The van der Waals surface area contributed by atoms with E-state index in [9.17, 15) is 13.2 Å². The molecule has 3 aromatic heterocycles. The molecule has 0 radical (unpaired) electrons. The fourth-order valence-corrected chi connectivity index (χ4v) is 4.52. The Kier molecular flexibility index (Phi) is 5.94. The molecular weight excluding hydrogens is 390 g/mol. The summed E-state index contributed by atoms with van der Waals surface area (Å²) < 4.78 is 31.0. The van der Waals surface area contributed by atoms with Gasteiger partial charge in [0.05, 0.1) is 6.54 Å². The topological polar surface area (TPSA) is 118 Å². The van der Waals surface area contributed by atoms with E-state index in [-0.39, 0.29) is 17.3 Å². The first-order valence-corrected chi connectivity index (χ1v) is 10.3. The summed E-state index contributed by atoms with van der Waals surface area (Å²) in [7, 11) is -2.28. The lowest BCUT2D eigenvalue weighted by molar-refractivity contribution is -0.121. The summed E-state index contributed by atoms with van der Waals surface area (Å²) >= 11 is 1.11. The second kappa shape index (κ2) is 8.37. The second-order valence-corrected chi connectivity index (χ2v) is 8.76. The van der Waals surface area contributed by atoms with Crippen LogP contribution in [0.4, 0.5) is 0 Å². The Morgan fingerprint density at radius 3 is 2.78 bits per heavy atom. The van der Waals surface area contributed by atoms with Crippen LogP contribution >= 0.6 is 11.3 Å². The van der Waals surface area contributed by atoms with E-state index in [1.54, 1.807) is 36.0 Å². The third kappa shape index (κ3) is 4.76. The first-order chi connectivity index (χ1) is 13.0. The molecule has 0 aromatic carbocycles. The van der Waals surface area contributed by atoms with Gasteiger partial charge in [-0.3, -0.25) is 9.78 Å². The number of hydrogen-bond acceptors (Lipinski definition) is 8. The molecule has 11 heteroatoms. The van der Waals surface area contributed by atoms with E-state index in [4.69, 9.17) is 4.52 Å². The molecule has 0 saturated heterocycles. The summed E-state index contributed by atoms with van der Waals surface area (Å²) in [6, 6.07) is 6.66. The zero-order chi connectivity index (χ0) is 19.3. The molecule has 0 aliphatic rings. The highest BCUT2D eigenvalue weighted by atomic mass is 32.2. The van der Waals surface area contributed by atoms with Crippen molar-refractivity contribution in [2.24, 2.45) is 0 Å². The average Bonchev–Trinajstić information content (AvgIpc) is 3.35. The van der Waals surface area contributed by atoms with Crippen LogP contribution in [0.15, 0.2) is 50.8 Å². The van der Waals surface area contributed by atoms with Crippen LogP contribution < -0.4 is 5.32 Å². The van der Waals surface area contributed by atoms with Crippen molar-refractivity contribution in [3.05, 3.63) is 47.9 Å². The summed E-state index contributed by atoms with van der Waals surface area (Å²) in [5, 5.41) is 8.19. The maximum Gasteiger partial charge on any atom is 0.258 e. The van der Waals surface area contributed by atoms with Crippen LogP contribution in [0, 0.1) is 0 Å². The van der Waals surface area contributed by atoms with Crippen LogP contribution in [0.3, 0.4) is 0 Å². The molecule has 142 valence electrons. The van der Waals surface area contributed by atoms with Crippen LogP contribution in [0.2, 0.25) is 0 Å². The number of sulfonamides is 1. The Bertz CT molecular complexity index is 987. The fraction of sp³-hybridized carbons (Fsp3) is 0.250. The van der Waals surface area contributed by atoms with Crippen molar-refractivity contribution >= 4 is 27.3 Å². The fourth-order valence-electron chi connectivity index (χ4n) is 2.19. The molecular formula is C16H17N5O4S2. The molecule has 0 aliphatic carbocycles. The lowest BCUT2D eigenvalue weighted by Crippen LogP contribution is -2.38. The Morgan fingerprint density at radius 1 is 1.30 bits per heavy atom. The van der Waals surface area contributed by atoms with Crippen molar-refractivity contribution < 1.29 is 17.7 Å². The third-order valence-corrected chi connectivity index (χ3v) is 6.77. The highest BCUT2D eigenvalue weighted by molar-refractivity contribution is 7.91. The SMILES string of the molecule is CN(CC(=O)NCCc1noc(-c2ccncc2)n1)S(=O)(=O)c1cccs1. The summed E-state index contributed by atoms with van der Waals surface area (Å²) in [4.78, 5) is 20.2. The number of thiophene rings is 1. The average molecular weight is 407 g/mol. The lowest BCUT2D eigenvalue weighted by atomic mass is 10.3. The van der Waals surface area contributed by atoms with Gasteiger partial charge >= 0.3 is 0 Å². The number of rotatable bonds is 8. The van der Waals surface area contributed by atoms with Crippen molar-refractivity contribution in [1.29, 1.82) is 0 Å². The highest BCUT2D eigenvalue weighted by Gasteiger charge is 2.23. The quantitative estimate of drug-likeness (QED) is 0.595. The lowest BCUT2D eigenvalue weighted by Gasteiger charge is -2.15. The van der Waals surface area contributed by atoms with Gasteiger partial charge in [0.15, 0.2) is 5.82 Å². The van der Waals surface area contributed by atoms with E-state index in [0.717, 1.165) is 21.2 Å². The smallest absolute Gasteiger partial charge is 0.258 e. The van der Waals surface area contributed by atoms with Crippen molar-refractivity contribution in [1.82, 2.24) is 24.7 Å². The van der Waals surface area contributed by atoms with Crippen LogP contribution in [0.1, 0.15) is 5.82 Å². The number of carbonyl (C=O) groups is 1. The molecule has 3 aromatic rings. The highest BCUT2D eigenvalue weighted by Crippen LogP contribution is 2.19. The van der Waals surface area contributed by atoms with Gasteiger partial charge in [-0.05, 0) is 23.6 Å². The standard InChI is InChI=1S/C16H17N5O4S2/c1-21(27(23,24)15-3-2-10-26-15)11-14(22)18-9-6-13-19-16(25-20-13)12-4-7-17-8-5-12/h2-5,7-8,10H,6,9,11H2,1H3,(H,18,22). The molecule has 1 amide bonds. The van der Waals surface area contributed by atoms with Crippen LogP contribution in [0.25, 0.3) is 11.5 Å². The van der Waals surface area contributed by atoms with Gasteiger partial charge in [-0.2, -0.15) is 9.29 Å². The van der Waals surface area contributed by atoms with Gasteiger partial charge in [0.2, 0.25) is 5.91 Å². The zero-order valence-corrected chi connectivity index (χ0v) is 16.0. The van der Waals surface area contributed by atoms with Crippen molar-refractivity contribution in [2.45, 2.75) is 10.6 Å². The molecule has 3 rings (SSSR count). The van der Waals surface area contributed by atoms with E-state index in [2.05, 4.69) is 20.4 Å². The molecule has 0 atom stereocenters. The molecule has 1 N–H and O–H groups in total. The predicted octanol–water partition coefficient (Wildman–Crippen LogP) is 1.17. The number of pyridine rings is 1. The van der Waals surface area contributed by atoms with E-state index in [0.29, 0.717) is 18.1 Å². The Labute approximate surface area is 160 Å². The largest absolute Gasteiger partial charge is 0.355 e. The van der Waals surface area contributed by atoms with Gasteiger partial charge in [0.25, 0.3) is 15.9 Å². The maximum absolute atomic E-state index is 12.3. The Balaban J connectivity index is 1.48. The van der Waals surface area contributed by atoms with Gasteiger partial charge in [-0.1, -0.05) is 11.2 Å². The molecule has 3 heterocycles. The second-order valence-electron chi connectivity index (χ2n) is 5.54. The molecule has 27 heavy (non-hydrogen) atoms. The van der Waals surface area contributed by atoms with Crippen molar-refractivity contribution in [3.8, 4) is 11.5 Å². The summed E-state index contributed by atoms with van der Waals surface area (Å²) in [5.41, 5.74) is 0.758. The van der Waals surface area contributed by atoms with Gasteiger partial charge in [0.1, 0.15) is 4.21 Å². The van der Waals surface area contributed by atoms with Gasteiger partial charge in [-0.25, -0.2) is 8.42 Å². The third-order valence-electron chi connectivity index (χ3n) is 3.59. The maximum atomic E-state index is 12.3. The number of nitrogens with one attached hydrogen (secondary N) is 1. The first-order valence-electron chi connectivity index (χ1n) is 7.96. The zero-order valence-electron chi connectivity index (χ0n) is 14.4. The molecule has 0 aliphatic heterocycles. The van der Waals surface area contributed by atoms with Gasteiger partial charge in [-0.15, -0.1) is 11.3 Å². The monoisotopic (exact) mass is 407 g/mol. The molecule has 9 nitrogen and oxygen atoms in total. The van der Waals surface area contributed by atoms with Crippen molar-refractivity contribution in [2.75, 3.05) is 20.1 Å². The normalized spacial score (nSPS) is 11.6. The Hall–Kier alpha value is -2.63. The number of hydrogen-bond donors (Lipinski definition) is 1. The van der Waals surface area contributed by atoms with E-state index >= 15 is 0 Å². The summed E-state index contributed by atoms with van der Waals surface area (Å²) in [6.07, 6.45) is 3.61. The van der Waals surface area contributed by atoms with Crippen molar-refractivity contribution in [3.63, 3.8) is 0 Å². The van der Waals surface area contributed by atoms with Crippen LogP contribution in [0.5, 0.6) is 0 Å². The number of nitrogens with zero attached hydrogens (tertiary/aromatic N) is 4. The summed E-state index contributed by atoms with van der Waals surface area (Å²) in [6.45, 7) is -0.00418. The number of aromatic nitrogens is 3. The van der Waals surface area contributed by atoms with E-state index in [1.807, 2.05) is 0 Å². The number of carbonyl (C=O) groups excluding carboxylic acids is 1. The van der Waals surface area contributed by atoms with Gasteiger partial charge in [0, 0.05) is 38.0 Å². The first kappa shape index (κ1) is 19.1.